The zero-order chi connectivity index (χ0) is 26.1. The molecular weight excluding hydrogens is 466 g/mol. The second-order valence-corrected chi connectivity index (χ2v) is 8.95. The van der Waals surface area contributed by atoms with Gasteiger partial charge in [-0.2, -0.15) is 10.3 Å². The minimum Gasteiger partial charge on any atom is -0.344 e. The minimum absolute atomic E-state index is 0.533. The molecule has 4 aromatic rings. The summed E-state index contributed by atoms with van der Waals surface area (Å²) in [4.78, 5) is 4.99. The van der Waals surface area contributed by atoms with E-state index in [-0.39, 0.29) is 0 Å². The molecule has 0 atom stereocenters. The summed E-state index contributed by atoms with van der Waals surface area (Å²) in [6, 6.07) is 16.6. The fraction of sp³-hybridized carbons (Fsp3) is 0.464. The molecule has 0 saturated carbocycles. The number of aromatic amines is 1. The van der Waals surface area contributed by atoms with Crippen molar-refractivity contribution in [1.29, 1.82) is 0 Å². The number of nitrogens with zero attached hydrogens (tertiary/aromatic N) is 6. The Hall–Kier alpha value is -3.43. The number of aromatic nitrogens is 7. The van der Waals surface area contributed by atoms with Crippen molar-refractivity contribution in [2.75, 3.05) is 13.2 Å². The Kier molecular flexibility index (Phi) is 9.14. The van der Waals surface area contributed by atoms with E-state index in [1.165, 1.54) is 0 Å². The normalized spacial score (nSPS) is 11.8. The smallest absolute Gasteiger partial charge is 0.232 e. The number of unbranched alkanes of at least 4 members (excludes halogenated alkanes) is 1. The minimum atomic E-state index is -0.910. The summed E-state index contributed by atoms with van der Waals surface area (Å²) in [5.41, 5.74) is 4.24. The van der Waals surface area contributed by atoms with Gasteiger partial charge in [-0.3, -0.25) is 0 Å². The van der Waals surface area contributed by atoms with E-state index in [2.05, 4.69) is 64.8 Å². The molecule has 9 nitrogen and oxygen atoms in total. The van der Waals surface area contributed by atoms with Gasteiger partial charge in [-0.1, -0.05) is 75.2 Å². The maximum atomic E-state index is 6.15. The number of hydrogen-bond acceptors (Lipinski definition) is 7. The van der Waals surface area contributed by atoms with Gasteiger partial charge in [0.05, 0.1) is 0 Å². The van der Waals surface area contributed by atoms with Gasteiger partial charge in [0.2, 0.25) is 17.4 Å². The van der Waals surface area contributed by atoms with Crippen LogP contribution in [0.1, 0.15) is 70.6 Å². The largest absolute Gasteiger partial charge is 0.344 e. The Morgan fingerprint density at radius 3 is 2.24 bits per heavy atom. The summed E-state index contributed by atoms with van der Waals surface area (Å²) in [5, 5.41) is 19.5. The van der Waals surface area contributed by atoms with E-state index in [0.29, 0.717) is 37.7 Å². The third-order valence-corrected chi connectivity index (χ3v) is 6.29. The van der Waals surface area contributed by atoms with E-state index in [9.17, 15) is 0 Å². The monoisotopic (exact) mass is 503 g/mol. The van der Waals surface area contributed by atoms with E-state index in [0.717, 1.165) is 53.9 Å². The highest BCUT2D eigenvalue weighted by atomic mass is 16.7. The molecule has 0 fully saturated rings. The molecule has 2 heterocycles. The molecule has 0 aliphatic carbocycles. The van der Waals surface area contributed by atoms with Crippen molar-refractivity contribution in [1.82, 2.24) is 35.4 Å². The summed E-state index contributed by atoms with van der Waals surface area (Å²) in [5.74, 6) is 1.21. The van der Waals surface area contributed by atoms with Gasteiger partial charge >= 0.3 is 0 Å². The highest BCUT2D eigenvalue weighted by molar-refractivity contribution is 5.80. The molecule has 0 unspecified atom stereocenters. The van der Waals surface area contributed by atoms with E-state index in [1.807, 2.05) is 36.7 Å². The number of aryl methyl sites for hydroxylation is 1. The molecule has 0 aliphatic rings. The van der Waals surface area contributed by atoms with Gasteiger partial charge in [-0.25, -0.2) is 9.67 Å². The van der Waals surface area contributed by atoms with Gasteiger partial charge < -0.3 is 9.47 Å². The molecule has 0 spiro atoms. The predicted molar refractivity (Wildman–Crippen MR) is 143 cm³/mol. The molecule has 0 amide bonds. The van der Waals surface area contributed by atoms with Gasteiger partial charge in [0.1, 0.15) is 5.82 Å². The van der Waals surface area contributed by atoms with Gasteiger partial charge in [0, 0.05) is 38.2 Å². The number of rotatable bonds is 14. The fourth-order valence-corrected chi connectivity index (χ4v) is 4.57. The molecule has 1 N–H and O–H groups in total. The quantitative estimate of drug-likeness (QED) is 0.225. The number of ether oxygens (including phenoxy) is 2. The van der Waals surface area contributed by atoms with Crippen LogP contribution in [-0.4, -0.2) is 48.6 Å². The van der Waals surface area contributed by atoms with Crippen molar-refractivity contribution in [2.45, 2.75) is 72.1 Å². The van der Waals surface area contributed by atoms with Crippen LogP contribution in [0.4, 0.5) is 0 Å². The van der Waals surface area contributed by atoms with Crippen LogP contribution in [-0.2, 0) is 28.2 Å². The van der Waals surface area contributed by atoms with Crippen molar-refractivity contribution in [3.8, 4) is 22.5 Å². The summed E-state index contributed by atoms with van der Waals surface area (Å²) < 4.78 is 14.3. The molecule has 0 aliphatic heterocycles. The summed E-state index contributed by atoms with van der Waals surface area (Å²) in [6.07, 6.45) is 4.40. The van der Waals surface area contributed by atoms with Crippen LogP contribution in [0.15, 0.2) is 48.5 Å². The van der Waals surface area contributed by atoms with E-state index in [4.69, 9.17) is 19.6 Å². The van der Waals surface area contributed by atoms with Crippen molar-refractivity contribution in [3.63, 3.8) is 0 Å². The Labute approximate surface area is 218 Å². The number of nitrogens with one attached hydrogen (secondary N) is 1. The van der Waals surface area contributed by atoms with Crippen LogP contribution in [0.25, 0.3) is 22.5 Å². The van der Waals surface area contributed by atoms with Crippen LogP contribution >= 0.6 is 0 Å². The summed E-state index contributed by atoms with van der Waals surface area (Å²) >= 11 is 0. The molecule has 196 valence electrons. The van der Waals surface area contributed by atoms with Crippen LogP contribution in [0.2, 0.25) is 0 Å². The molecule has 2 aromatic heterocycles. The second kappa shape index (κ2) is 12.7. The first kappa shape index (κ1) is 26.6. The lowest BCUT2D eigenvalue weighted by atomic mass is 9.98. The molecule has 0 bridgehead atoms. The SMILES string of the molecule is CCCCn1nc(C(CCC)(OCC)OCC)nc1Cc1ccc(-c2ccccc2-c2nn[nH]n2)cc1. The third kappa shape index (κ3) is 6.11. The Bertz CT molecular complexity index is 1220. The fourth-order valence-electron chi connectivity index (χ4n) is 4.57. The zero-order valence-corrected chi connectivity index (χ0v) is 22.3. The molecule has 2 aromatic carbocycles. The van der Waals surface area contributed by atoms with Crippen LogP contribution < -0.4 is 0 Å². The predicted octanol–water partition coefficient (Wildman–Crippen LogP) is 5.54. The van der Waals surface area contributed by atoms with E-state index in [1.54, 1.807) is 0 Å². The van der Waals surface area contributed by atoms with Crippen molar-refractivity contribution < 1.29 is 9.47 Å². The lowest BCUT2D eigenvalue weighted by molar-refractivity contribution is -0.251. The van der Waals surface area contributed by atoms with Gasteiger partial charge in [0.15, 0.2) is 0 Å². The van der Waals surface area contributed by atoms with Gasteiger partial charge in [-0.15, -0.1) is 10.2 Å². The van der Waals surface area contributed by atoms with Crippen LogP contribution in [0.3, 0.4) is 0 Å². The average molecular weight is 504 g/mol. The molecule has 37 heavy (non-hydrogen) atoms. The zero-order valence-electron chi connectivity index (χ0n) is 22.3. The first-order valence-electron chi connectivity index (χ1n) is 13.3. The Balaban J connectivity index is 1.63. The number of hydrogen-bond donors (Lipinski definition) is 1. The average Bonchev–Trinajstić information content (AvgIpc) is 3.59. The highest BCUT2D eigenvalue weighted by Gasteiger charge is 2.38. The third-order valence-electron chi connectivity index (χ3n) is 6.29. The molecule has 9 heteroatoms. The molecule has 0 radical (unpaired) electrons. The maximum Gasteiger partial charge on any atom is 0.232 e. The first-order valence-corrected chi connectivity index (χ1v) is 13.3. The Morgan fingerprint density at radius 2 is 1.62 bits per heavy atom. The maximum absolute atomic E-state index is 6.15. The van der Waals surface area contributed by atoms with E-state index < -0.39 is 5.79 Å². The molecule has 0 saturated heterocycles. The van der Waals surface area contributed by atoms with E-state index >= 15 is 0 Å². The molecule has 4 rings (SSSR count). The van der Waals surface area contributed by atoms with Gasteiger partial charge in [0.25, 0.3) is 0 Å². The standard InChI is InChI=1S/C28H37N7O2/c1-5-9-19-35-25(29-27(32-35)28(18-6-2,36-7-3)37-8-4)20-21-14-16-22(17-15-21)23-12-10-11-13-24(23)26-30-33-34-31-26/h10-17H,5-9,18-20H2,1-4H3,(H,30,31,33,34). The van der Waals surface area contributed by atoms with Crippen LogP contribution in [0.5, 0.6) is 0 Å². The van der Waals surface area contributed by atoms with Crippen molar-refractivity contribution >= 4 is 0 Å². The lowest BCUT2D eigenvalue weighted by Gasteiger charge is -2.30. The summed E-state index contributed by atoms with van der Waals surface area (Å²) in [6.45, 7) is 10.2. The van der Waals surface area contributed by atoms with Crippen LogP contribution in [0, 0.1) is 0 Å². The number of tetrazole rings is 1. The first-order chi connectivity index (χ1) is 18.1. The Morgan fingerprint density at radius 1 is 0.892 bits per heavy atom. The van der Waals surface area contributed by atoms with Gasteiger partial charge in [-0.05, 0) is 42.2 Å². The topological polar surface area (TPSA) is 104 Å². The van der Waals surface area contributed by atoms with Crippen molar-refractivity contribution in [2.24, 2.45) is 0 Å². The lowest BCUT2D eigenvalue weighted by Crippen LogP contribution is -2.35. The van der Waals surface area contributed by atoms with Crippen molar-refractivity contribution in [3.05, 3.63) is 65.7 Å². The summed E-state index contributed by atoms with van der Waals surface area (Å²) in [7, 11) is 0. The second-order valence-electron chi connectivity index (χ2n) is 8.95. The molecular formula is C28H37N7O2. The highest BCUT2D eigenvalue weighted by Crippen LogP contribution is 2.32. The number of benzene rings is 2. The number of H-pyrrole nitrogens is 1.